The molecule has 3 aliphatic rings. The Hall–Kier alpha value is -3.40. The average molecular weight is 398 g/mol. The zero-order valence-corrected chi connectivity index (χ0v) is 16.4. The predicted molar refractivity (Wildman–Crippen MR) is 112 cm³/mol. The molecule has 0 spiro atoms. The monoisotopic (exact) mass is 398 g/mol. The van der Waals surface area contributed by atoms with Crippen molar-refractivity contribution in [3.05, 3.63) is 107 Å². The lowest BCUT2D eigenvalue weighted by atomic mass is 9.64. The van der Waals surface area contributed by atoms with E-state index in [9.17, 15) is 9.59 Å². The minimum absolute atomic E-state index is 0.0208. The van der Waals surface area contributed by atoms with Crippen LogP contribution in [0.4, 0.5) is 0 Å². The first-order chi connectivity index (χ1) is 14.7. The minimum atomic E-state index is -0.501. The normalized spacial score (nSPS) is 24.0. The quantitative estimate of drug-likeness (QED) is 0.573. The summed E-state index contributed by atoms with van der Waals surface area (Å²) < 4.78 is 12.0. The summed E-state index contributed by atoms with van der Waals surface area (Å²) in [4.78, 5) is 25.7. The molecule has 0 heterocycles. The van der Waals surface area contributed by atoms with Gasteiger partial charge in [0.15, 0.2) is 0 Å². The van der Waals surface area contributed by atoms with Gasteiger partial charge in [0.2, 0.25) is 0 Å². The van der Waals surface area contributed by atoms with Crippen molar-refractivity contribution in [3.8, 4) is 0 Å². The second kappa shape index (κ2) is 7.79. The molecule has 1 saturated carbocycles. The van der Waals surface area contributed by atoms with E-state index in [4.69, 9.17) is 9.47 Å². The molecular formula is C26H22O4. The molecule has 0 amide bonds. The highest BCUT2D eigenvalue weighted by atomic mass is 16.6. The van der Waals surface area contributed by atoms with E-state index in [-0.39, 0.29) is 23.8 Å². The summed E-state index contributed by atoms with van der Waals surface area (Å²) in [5, 5.41) is 0. The fourth-order valence-corrected chi connectivity index (χ4v) is 4.83. The van der Waals surface area contributed by atoms with Crippen LogP contribution in [0.25, 0.3) is 0 Å². The summed E-state index contributed by atoms with van der Waals surface area (Å²) in [5.74, 6) is -0.724. The summed E-state index contributed by atoms with van der Waals surface area (Å²) >= 11 is 0. The lowest BCUT2D eigenvalue weighted by Crippen LogP contribution is -2.50. The van der Waals surface area contributed by atoms with Gasteiger partial charge in [-0.25, -0.2) is 9.59 Å². The van der Waals surface area contributed by atoms with Gasteiger partial charge in [0.1, 0.15) is 12.2 Å². The largest absolute Gasteiger partial charge is 0.454 e. The minimum Gasteiger partial charge on any atom is -0.454 e. The van der Waals surface area contributed by atoms with Crippen molar-refractivity contribution in [2.24, 2.45) is 0 Å². The van der Waals surface area contributed by atoms with Crippen molar-refractivity contribution < 1.29 is 19.1 Å². The van der Waals surface area contributed by atoms with Crippen LogP contribution in [-0.2, 0) is 9.47 Å². The van der Waals surface area contributed by atoms with Gasteiger partial charge in [-0.3, -0.25) is 0 Å². The number of rotatable bonds is 4. The number of fused-ring (bicyclic) bond motifs is 2. The van der Waals surface area contributed by atoms with E-state index in [0.29, 0.717) is 11.1 Å². The molecule has 150 valence electrons. The molecule has 2 bridgehead atoms. The van der Waals surface area contributed by atoms with Gasteiger partial charge in [-0.15, -0.1) is 0 Å². The SMILES string of the molecule is O=C(O[C@@H]1[C@H](OC(=O)c2ccccc2)[C@@H]2CC[C@H]1c1ccccc12)c1ccccc1. The molecule has 1 fully saturated rings. The maximum Gasteiger partial charge on any atom is 0.338 e. The van der Waals surface area contributed by atoms with E-state index in [0.717, 1.165) is 12.8 Å². The Bertz CT molecular complexity index is 974. The molecule has 0 saturated heterocycles. The van der Waals surface area contributed by atoms with Crippen LogP contribution in [0.2, 0.25) is 0 Å². The molecule has 0 aromatic heterocycles. The predicted octanol–water partition coefficient (Wildman–Crippen LogP) is 5.11. The standard InChI is InChI=1S/C26H22O4/c27-25(17-9-3-1-4-10-17)29-23-21-15-16-22(20-14-8-7-13-19(20)21)24(23)30-26(28)18-11-5-2-6-12-18/h1-14,21-24H,15-16H2/t21-,22+,23-,24+. The second-order valence-electron chi connectivity index (χ2n) is 7.89. The van der Waals surface area contributed by atoms with Crippen LogP contribution in [0.1, 0.15) is 56.5 Å². The fourth-order valence-electron chi connectivity index (χ4n) is 4.83. The Morgan fingerprint density at radius 1 is 0.567 bits per heavy atom. The highest BCUT2D eigenvalue weighted by Gasteiger charge is 2.51. The van der Waals surface area contributed by atoms with Gasteiger partial charge in [-0.05, 0) is 48.2 Å². The molecule has 3 aromatic carbocycles. The maximum absolute atomic E-state index is 12.8. The highest BCUT2D eigenvalue weighted by molar-refractivity contribution is 5.90. The maximum atomic E-state index is 12.8. The van der Waals surface area contributed by atoms with Crippen LogP contribution in [0, 0.1) is 0 Å². The molecular weight excluding hydrogens is 376 g/mol. The molecule has 0 unspecified atom stereocenters. The summed E-state index contributed by atoms with van der Waals surface area (Å²) in [6.07, 6.45) is 0.819. The van der Waals surface area contributed by atoms with Gasteiger partial charge in [-0.2, -0.15) is 0 Å². The van der Waals surface area contributed by atoms with E-state index in [1.807, 2.05) is 48.5 Å². The summed E-state index contributed by atoms with van der Waals surface area (Å²) in [5.41, 5.74) is 3.40. The van der Waals surface area contributed by atoms with Crippen LogP contribution in [0.15, 0.2) is 84.9 Å². The number of carbonyl (C=O) groups excluding carboxylic acids is 2. The third-order valence-electron chi connectivity index (χ3n) is 6.21. The lowest BCUT2D eigenvalue weighted by molar-refractivity contribution is -0.0751. The zero-order valence-electron chi connectivity index (χ0n) is 16.4. The summed E-state index contributed by atoms with van der Waals surface area (Å²) in [6, 6.07) is 26.2. The summed E-state index contributed by atoms with van der Waals surface area (Å²) in [7, 11) is 0. The van der Waals surface area contributed by atoms with Crippen molar-refractivity contribution >= 4 is 11.9 Å². The van der Waals surface area contributed by atoms with E-state index in [1.54, 1.807) is 24.3 Å². The zero-order chi connectivity index (χ0) is 20.5. The molecule has 0 aliphatic heterocycles. The van der Waals surface area contributed by atoms with Crippen molar-refractivity contribution in [3.63, 3.8) is 0 Å². The van der Waals surface area contributed by atoms with Crippen LogP contribution in [0.3, 0.4) is 0 Å². The van der Waals surface area contributed by atoms with Crippen molar-refractivity contribution in [1.82, 2.24) is 0 Å². The van der Waals surface area contributed by atoms with Crippen LogP contribution >= 0.6 is 0 Å². The van der Waals surface area contributed by atoms with Gasteiger partial charge in [0.05, 0.1) is 11.1 Å². The average Bonchev–Trinajstić information content (AvgIpc) is 2.82. The van der Waals surface area contributed by atoms with Gasteiger partial charge in [-0.1, -0.05) is 60.7 Å². The van der Waals surface area contributed by atoms with Gasteiger partial charge < -0.3 is 9.47 Å². The number of hydrogen-bond donors (Lipinski definition) is 0. The van der Waals surface area contributed by atoms with Crippen LogP contribution in [-0.4, -0.2) is 24.1 Å². The fraction of sp³-hybridized carbons (Fsp3) is 0.231. The molecule has 3 aliphatic carbocycles. The van der Waals surface area contributed by atoms with Gasteiger partial charge in [0, 0.05) is 11.8 Å². The second-order valence-corrected chi connectivity index (χ2v) is 7.89. The molecule has 30 heavy (non-hydrogen) atoms. The molecule has 4 atom stereocenters. The Labute approximate surface area is 175 Å². The molecule has 6 rings (SSSR count). The molecule has 0 radical (unpaired) electrons. The molecule has 4 nitrogen and oxygen atoms in total. The lowest BCUT2D eigenvalue weighted by Gasteiger charge is -2.47. The number of carbonyl (C=O) groups is 2. The first kappa shape index (κ1) is 18.6. The first-order valence-corrected chi connectivity index (χ1v) is 10.3. The Morgan fingerprint density at radius 2 is 0.933 bits per heavy atom. The smallest absolute Gasteiger partial charge is 0.338 e. The van der Waals surface area contributed by atoms with E-state index < -0.39 is 12.2 Å². The van der Waals surface area contributed by atoms with Gasteiger partial charge >= 0.3 is 11.9 Å². The Kier molecular flexibility index (Phi) is 4.83. The number of hydrogen-bond acceptors (Lipinski definition) is 4. The third-order valence-corrected chi connectivity index (χ3v) is 6.21. The van der Waals surface area contributed by atoms with Crippen molar-refractivity contribution in [2.45, 2.75) is 36.9 Å². The Balaban J connectivity index is 1.47. The van der Waals surface area contributed by atoms with Crippen LogP contribution in [0.5, 0.6) is 0 Å². The van der Waals surface area contributed by atoms with E-state index in [1.165, 1.54) is 11.1 Å². The highest BCUT2D eigenvalue weighted by Crippen LogP contribution is 2.51. The number of ether oxygens (including phenoxy) is 2. The van der Waals surface area contributed by atoms with Gasteiger partial charge in [0.25, 0.3) is 0 Å². The Morgan fingerprint density at radius 3 is 1.33 bits per heavy atom. The topological polar surface area (TPSA) is 52.6 Å². The molecule has 3 aromatic rings. The van der Waals surface area contributed by atoms with Crippen LogP contribution < -0.4 is 0 Å². The number of benzene rings is 3. The van der Waals surface area contributed by atoms with Crippen molar-refractivity contribution in [2.75, 3.05) is 0 Å². The molecule has 0 N–H and O–H groups in total. The van der Waals surface area contributed by atoms with E-state index in [2.05, 4.69) is 12.1 Å². The third kappa shape index (κ3) is 3.28. The molecule has 4 heteroatoms. The van der Waals surface area contributed by atoms with E-state index >= 15 is 0 Å². The first-order valence-electron chi connectivity index (χ1n) is 10.3. The number of esters is 2. The summed E-state index contributed by atoms with van der Waals surface area (Å²) in [6.45, 7) is 0. The van der Waals surface area contributed by atoms with Crippen molar-refractivity contribution in [1.29, 1.82) is 0 Å².